The first-order valence-corrected chi connectivity index (χ1v) is 8.50. The fraction of sp³-hybridized carbons (Fsp3) is 1.00. The molecule has 0 aliphatic carbocycles. The van der Waals surface area contributed by atoms with Crippen molar-refractivity contribution in [3.8, 4) is 0 Å². The number of methoxy groups -OCH3 is 1. The van der Waals surface area contributed by atoms with Crippen molar-refractivity contribution in [2.24, 2.45) is 11.3 Å². The monoisotopic (exact) mass is 300 g/mol. The van der Waals surface area contributed by atoms with E-state index < -0.39 is 0 Å². The van der Waals surface area contributed by atoms with Gasteiger partial charge < -0.3 is 19.7 Å². The molecular formula is C17H36N2O2. The van der Waals surface area contributed by atoms with Crippen molar-refractivity contribution in [3.05, 3.63) is 0 Å². The van der Waals surface area contributed by atoms with E-state index in [1.807, 2.05) is 0 Å². The van der Waals surface area contributed by atoms with Gasteiger partial charge in [-0.05, 0) is 24.2 Å². The first-order valence-electron chi connectivity index (χ1n) is 8.50. The summed E-state index contributed by atoms with van der Waals surface area (Å²) in [5.74, 6) is 0.691. The highest BCUT2D eigenvalue weighted by molar-refractivity contribution is 4.88. The van der Waals surface area contributed by atoms with E-state index in [0.29, 0.717) is 17.4 Å². The molecule has 0 atom stereocenters. The van der Waals surface area contributed by atoms with Gasteiger partial charge in [0.25, 0.3) is 0 Å². The Morgan fingerprint density at radius 1 is 1.19 bits per heavy atom. The zero-order valence-electron chi connectivity index (χ0n) is 14.8. The predicted octanol–water partition coefficient (Wildman–Crippen LogP) is 2.39. The third kappa shape index (κ3) is 7.59. The number of rotatable bonds is 10. The quantitative estimate of drug-likeness (QED) is 0.672. The maximum atomic E-state index is 5.60. The van der Waals surface area contributed by atoms with E-state index in [9.17, 15) is 0 Å². The molecule has 126 valence electrons. The fourth-order valence-electron chi connectivity index (χ4n) is 3.06. The summed E-state index contributed by atoms with van der Waals surface area (Å²) in [6, 6.07) is 0.544. The van der Waals surface area contributed by atoms with E-state index in [1.165, 1.54) is 0 Å². The lowest BCUT2D eigenvalue weighted by atomic mass is 9.79. The van der Waals surface area contributed by atoms with Gasteiger partial charge in [0.2, 0.25) is 0 Å². The molecule has 1 N–H and O–H groups in total. The summed E-state index contributed by atoms with van der Waals surface area (Å²) in [6.45, 7) is 16.1. The van der Waals surface area contributed by atoms with Crippen LogP contribution in [0, 0.1) is 11.3 Å². The lowest BCUT2D eigenvalue weighted by Gasteiger charge is -2.42. The second-order valence-electron chi connectivity index (χ2n) is 7.27. The summed E-state index contributed by atoms with van der Waals surface area (Å²) in [5, 5.41) is 3.66. The molecule has 0 spiro atoms. The maximum Gasteiger partial charge on any atom is 0.0589 e. The molecule has 0 saturated carbocycles. The lowest BCUT2D eigenvalue weighted by molar-refractivity contribution is -0.0103. The molecule has 0 amide bonds. The van der Waals surface area contributed by atoms with Gasteiger partial charge in [0.15, 0.2) is 0 Å². The Morgan fingerprint density at radius 3 is 2.38 bits per heavy atom. The van der Waals surface area contributed by atoms with Gasteiger partial charge in [-0.1, -0.05) is 27.7 Å². The highest BCUT2D eigenvalue weighted by atomic mass is 16.5. The molecule has 0 aromatic carbocycles. The van der Waals surface area contributed by atoms with Crippen LogP contribution < -0.4 is 5.32 Å². The van der Waals surface area contributed by atoms with Crippen molar-refractivity contribution in [2.75, 3.05) is 53.1 Å². The first kappa shape index (κ1) is 18.9. The number of nitrogens with zero attached hydrogens (tertiary/aromatic N) is 1. The zero-order valence-corrected chi connectivity index (χ0v) is 14.8. The molecule has 0 aromatic rings. The van der Waals surface area contributed by atoms with Crippen LogP contribution in [0.5, 0.6) is 0 Å². The molecule has 1 aliphatic rings. The third-order valence-electron chi connectivity index (χ3n) is 4.23. The molecule has 0 aromatic heterocycles. The number of hydrogen-bond acceptors (Lipinski definition) is 4. The minimum absolute atomic E-state index is 0.352. The van der Waals surface area contributed by atoms with Gasteiger partial charge in [0.05, 0.1) is 6.61 Å². The molecule has 0 unspecified atom stereocenters. The van der Waals surface area contributed by atoms with Gasteiger partial charge in [0, 0.05) is 52.5 Å². The average Bonchev–Trinajstić information content (AvgIpc) is 2.43. The Labute approximate surface area is 131 Å². The zero-order chi connectivity index (χ0) is 15.7. The Hall–Kier alpha value is -0.160. The number of hydrogen-bond donors (Lipinski definition) is 1. The van der Waals surface area contributed by atoms with Gasteiger partial charge in [0.1, 0.15) is 0 Å². The van der Waals surface area contributed by atoms with E-state index in [-0.39, 0.29) is 0 Å². The van der Waals surface area contributed by atoms with Crippen molar-refractivity contribution >= 4 is 0 Å². The van der Waals surface area contributed by atoms with Gasteiger partial charge in [-0.2, -0.15) is 0 Å². The van der Waals surface area contributed by atoms with Crippen LogP contribution in [0.25, 0.3) is 0 Å². The summed E-state index contributed by atoms with van der Waals surface area (Å²) in [7, 11) is 1.79. The molecule has 1 aliphatic heterocycles. The van der Waals surface area contributed by atoms with E-state index in [2.05, 4.69) is 37.9 Å². The van der Waals surface area contributed by atoms with Crippen LogP contribution in [-0.4, -0.2) is 64.1 Å². The van der Waals surface area contributed by atoms with E-state index in [0.717, 1.165) is 58.8 Å². The molecule has 1 saturated heterocycles. The third-order valence-corrected chi connectivity index (χ3v) is 4.23. The summed E-state index contributed by atoms with van der Waals surface area (Å²) in [6.07, 6.45) is 2.32. The lowest BCUT2D eigenvalue weighted by Crippen LogP contribution is -2.49. The highest BCUT2D eigenvalue weighted by Crippen LogP contribution is 2.31. The first-order chi connectivity index (χ1) is 9.97. The van der Waals surface area contributed by atoms with Crippen LogP contribution in [-0.2, 0) is 9.47 Å². The smallest absolute Gasteiger partial charge is 0.0589 e. The van der Waals surface area contributed by atoms with Crippen LogP contribution in [0.15, 0.2) is 0 Å². The number of ether oxygens (including phenoxy) is 2. The Bertz CT molecular complexity index is 264. The maximum absolute atomic E-state index is 5.60. The summed E-state index contributed by atoms with van der Waals surface area (Å²) >= 11 is 0. The van der Waals surface area contributed by atoms with Crippen LogP contribution >= 0.6 is 0 Å². The molecule has 0 bridgehead atoms. The van der Waals surface area contributed by atoms with Gasteiger partial charge in [-0.25, -0.2) is 0 Å². The minimum atomic E-state index is 0.352. The van der Waals surface area contributed by atoms with Crippen molar-refractivity contribution in [2.45, 2.75) is 46.6 Å². The molecule has 1 rings (SSSR count). The second-order valence-corrected chi connectivity index (χ2v) is 7.27. The Kier molecular flexibility index (Phi) is 8.79. The summed E-state index contributed by atoms with van der Waals surface area (Å²) in [5.41, 5.74) is 0.352. The molecule has 1 heterocycles. The molecule has 4 nitrogen and oxygen atoms in total. The van der Waals surface area contributed by atoms with Crippen LogP contribution in [0.1, 0.15) is 40.5 Å². The topological polar surface area (TPSA) is 33.7 Å². The molecule has 4 heteroatoms. The van der Waals surface area contributed by atoms with E-state index in [1.54, 1.807) is 7.11 Å². The van der Waals surface area contributed by atoms with Gasteiger partial charge in [-0.3, -0.25) is 0 Å². The average molecular weight is 300 g/mol. The number of nitrogens with one attached hydrogen (secondary N) is 1. The standard InChI is InChI=1S/C17H36N2O2/c1-15(2)12-19(8-11-20-5)14-17(13-18-16(3)4)6-9-21-10-7-17/h15-16,18H,6-14H2,1-5H3. The van der Waals surface area contributed by atoms with Crippen molar-refractivity contribution in [3.63, 3.8) is 0 Å². The Balaban J connectivity index is 2.65. The highest BCUT2D eigenvalue weighted by Gasteiger charge is 2.34. The van der Waals surface area contributed by atoms with Crippen molar-refractivity contribution in [1.29, 1.82) is 0 Å². The van der Waals surface area contributed by atoms with E-state index >= 15 is 0 Å². The van der Waals surface area contributed by atoms with Crippen molar-refractivity contribution in [1.82, 2.24) is 10.2 Å². The molecule has 0 radical (unpaired) electrons. The minimum Gasteiger partial charge on any atom is -0.383 e. The van der Waals surface area contributed by atoms with Gasteiger partial charge in [-0.15, -0.1) is 0 Å². The molecular weight excluding hydrogens is 264 g/mol. The fourth-order valence-corrected chi connectivity index (χ4v) is 3.06. The van der Waals surface area contributed by atoms with Crippen LogP contribution in [0.4, 0.5) is 0 Å². The molecule has 1 fully saturated rings. The van der Waals surface area contributed by atoms with Crippen LogP contribution in [0.3, 0.4) is 0 Å². The predicted molar refractivity (Wildman–Crippen MR) is 88.8 cm³/mol. The SMILES string of the molecule is COCCN(CC(C)C)CC1(CNC(C)C)CCOCC1. The molecule has 21 heavy (non-hydrogen) atoms. The largest absolute Gasteiger partial charge is 0.383 e. The second kappa shape index (κ2) is 9.78. The normalized spacial score (nSPS) is 18.9. The summed E-state index contributed by atoms with van der Waals surface area (Å²) < 4.78 is 10.9. The van der Waals surface area contributed by atoms with Crippen LogP contribution in [0.2, 0.25) is 0 Å². The van der Waals surface area contributed by atoms with Crippen molar-refractivity contribution < 1.29 is 9.47 Å². The van der Waals surface area contributed by atoms with Gasteiger partial charge >= 0.3 is 0 Å². The van der Waals surface area contributed by atoms with E-state index in [4.69, 9.17) is 9.47 Å². The summed E-state index contributed by atoms with van der Waals surface area (Å²) in [4.78, 5) is 2.58. The Morgan fingerprint density at radius 2 is 1.86 bits per heavy atom.